The van der Waals surface area contributed by atoms with E-state index in [0.717, 1.165) is 35.1 Å². The molecule has 0 unspecified atom stereocenters. The Hall–Kier alpha value is -2.55. The van der Waals surface area contributed by atoms with Gasteiger partial charge in [-0.1, -0.05) is 0 Å². The fraction of sp³-hybridized carbons (Fsp3) is 0.357. The number of thiazole rings is 1. The molecule has 1 fully saturated rings. The smallest absolute Gasteiger partial charge is 0.265 e. The van der Waals surface area contributed by atoms with Crippen LogP contribution in [0, 0.1) is 6.92 Å². The molecule has 0 bridgehead atoms. The number of rotatable bonds is 2. The van der Waals surface area contributed by atoms with Crippen LogP contribution in [0.25, 0.3) is 5.65 Å². The average molecular weight is 329 g/mol. The van der Waals surface area contributed by atoms with Gasteiger partial charge in [-0.3, -0.25) is 4.79 Å². The minimum Gasteiger partial charge on any atom is -0.352 e. The first-order valence-corrected chi connectivity index (χ1v) is 8.22. The van der Waals surface area contributed by atoms with E-state index in [1.807, 2.05) is 24.0 Å². The number of anilines is 1. The summed E-state index contributed by atoms with van der Waals surface area (Å²) in [5.74, 6) is 0.949. The van der Waals surface area contributed by atoms with Gasteiger partial charge in [0, 0.05) is 26.2 Å². The van der Waals surface area contributed by atoms with Gasteiger partial charge in [0.2, 0.25) is 0 Å². The van der Waals surface area contributed by atoms with Crippen molar-refractivity contribution in [1.82, 2.24) is 29.7 Å². The molecule has 1 aliphatic heterocycles. The zero-order chi connectivity index (χ0) is 15.8. The third kappa shape index (κ3) is 2.52. The van der Waals surface area contributed by atoms with Crippen molar-refractivity contribution in [3.05, 3.63) is 34.5 Å². The number of piperazine rings is 1. The Kier molecular flexibility index (Phi) is 3.41. The molecule has 23 heavy (non-hydrogen) atoms. The molecule has 1 amide bonds. The number of carbonyl (C=O) groups excluding carboxylic acids is 1. The number of fused-ring (bicyclic) bond motifs is 1. The Morgan fingerprint density at radius 3 is 2.78 bits per heavy atom. The summed E-state index contributed by atoms with van der Waals surface area (Å²) < 4.78 is 1.66. The highest BCUT2D eigenvalue weighted by Crippen LogP contribution is 2.18. The van der Waals surface area contributed by atoms with E-state index >= 15 is 0 Å². The first kappa shape index (κ1) is 14.1. The molecule has 0 aliphatic carbocycles. The SMILES string of the molecule is Cc1ncsc1C(=O)N1CCN(c2ccc3nncn3n2)CC1. The fourth-order valence-electron chi connectivity index (χ4n) is 2.68. The highest BCUT2D eigenvalue weighted by atomic mass is 32.1. The van der Waals surface area contributed by atoms with Gasteiger partial charge in [-0.15, -0.1) is 26.6 Å². The lowest BCUT2D eigenvalue weighted by molar-refractivity contribution is 0.0750. The van der Waals surface area contributed by atoms with E-state index in [4.69, 9.17) is 0 Å². The third-order valence-corrected chi connectivity index (χ3v) is 4.89. The number of aryl methyl sites for hydroxylation is 1. The van der Waals surface area contributed by atoms with Gasteiger partial charge in [0.15, 0.2) is 5.65 Å². The minimum absolute atomic E-state index is 0.0758. The minimum atomic E-state index is 0.0758. The Bertz CT molecular complexity index is 850. The summed E-state index contributed by atoms with van der Waals surface area (Å²) in [6, 6.07) is 3.84. The first-order valence-electron chi connectivity index (χ1n) is 7.34. The molecule has 0 aromatic carbocycles. The van der Waals surface area contributed by atoms with Crippen LogP contribution >= 0.6 is 11.3 Å². The molecule has 0 spiro atoms. The second-order valence-electron chi connectivity index (χ2n) is 5.37. The van der Waals surface area contributed by atoms with Crippen molar-refractivity contribution < 1.29 is 4.79 Å². The highest BCUT2D eigenvalue weighted by Gasteiger charge is 2.25. The van der Waals surface area contributed by atoms with Crippen molar-refractivity contribution in [3.8, 4) is 0 Å². The number of hydrogen-bond donors (Lipinski definition) is 0. The van der Waals surface area contributed by atoms with Crippen molar-refractivity contribution in [3.63, 3.8) is 0 Å². The maximum Gasteiger partial charge on any atom is 0.265 e. The largest absolute Gasteiger partial charge is 0.352 e. The van der Waals surface area contributed by atoms with Gasteiger partial charge in [-0.25, -0.2) is 4.98 Å². The van der Waals surface area contributed by atoms with E-state index in [1.165, 1.54) is 11.3 Å². The number of carbonyl (C=O) groups is 1. The van der Waals surface area contributed by atoms with Gasteiger partial charge >= 0.3 is 0 Å². The molecule has 118 valence electrons. The van der Waals surface area contributed by atoms with Crippen molar-refractivity contribution in [2.24, 2.45) is 0 Å². The summed E-state index contributed by atoms with van der Waals surface area (Å²) in [6.07, 6.45) is 1.59. The predicted octanol–water partition coefficient (Wildman–Crippen LogP) is 0.852. The molecule has 3 aromatic heterocycles. The molecular formula is C14H15N7OS. The zero-order valence-corrected chi connectivity index (χ0v) is 13.4. The standard InChI is InChI=1S/C14H15N7OS/c1-10-13(23-9-15-10)14(22)20-6-4-19(5-7-20)12-3-2-11-17-16-8-21(11)18-12/h2-3,8-9H,4-7H2,1H3. The number of hydrogen-bond acceptors (Lipinski definition) is 7. The molecule has 4 heterocycles. The Morgan fingerprint density at radius 1 is 1.22 bits per heavy atom. The van der Waals surface area contributed by atoms with Gasteiger partial charge in [0.25, 0.3) is 5.91 Å². The summed E-state index contributed by atoms with van der Waals surface area (Å²) in [5, 5.41) is 12.3. The van der Waals surface area contributed by atoms with E-state index in [-0.39, 0.29) is 5.91 Å². The highest BCUT2D eigenvalue weighted by molar-refractivity contribution is 7.11. The van der Waals surface area contributed by atoms with Gasteiger partial charge in [0.05, 0.1) is 11.2 Å². The van der Waals surface area contributed by atoms with E-state index in [9.17, 15) is 4.79 Å². The van der Waals surface area contributed by atoms with E-state index in [1.54, 1.807) is 16.4 Å². The van der Waals surface area contributed by atoms with Gasteiger partial charge < -0.3 is 9.80 Å². The molecule has 0 atom stereocenters. The van der Waals surface area contributed by atoms with E-state index < -0.39 is 0 Å². The summed E-state index contributed by atoms with van der Waals surface area (Å²) in [5.41, 5.74) is 3.25. The number of aromatic nitrogens is 5. The van der Waals surface area contributed by atoms with Crippen LogP contribution in [0.3, 0.4) is 0 Å². The van der Waals surface area contributed by atoms with Gasteiger partial charge in [-0.2, -0.15) is 4.52 Å². The quantitative estimate of drug-likeness (QED) is 0.693. The van der Waals surface area contributed by atoms with Crippen molar-refractivity contribution in [2.45, 2.75) is 6.92 Å². The second kappa shape index (κ2) is 5.58. The summed E-state index contributed by atoms with van der Waals surface area (Å²) >= 11 is 1.41. The van der Waals surface area contributed by atoms with Gasteiger partial charge in [0.1, 0.15) is 17.0 Å². The molecule has 0 N–H and O–H groups in total. The van der Waals surface area contributed by atoms with Crippen molar-refractivity contribution in [2.75, 3.05) is 31.1 Å². The van der Waals surface area contributed by atoms with E-state index in [0.29, 0.717) is 13.1 Å². The molecular weight excluding hydrogens is 314 g/mol. The maximum atomic E-state index is 12.5. The topological polar surface area (TPSA) is 79.5 Å². The molecule has 0 saturated carbocycles. The lowest BCUT2D eigenvalue weighted by Gasteiger charge is -2.35. The first-order chi connectivity index (χ1) is 11.2. The molecule has 8 nitrogen and oxygen atoms in total. The molecule has 3 aromatic rings. The normalized spacial score (nSPS) is 15.3. The van der Waals surface area contributed by atoms with Crippen molar-refractivity contribution >= 4 is 28.7 Å². The monoisotopic (exact) mass is 329 g/mol. The van der Waals surface area contributed by atoms with Crippen LogP contribution in [0.1, 0.15) is 15.4 Å². The lowest BCUT2D eigenvalue weighted by atomic mass is 10.2. The Morgan fingerprint density at radius 2 is 2.04 bits per heavy atom. The molecule has 9 heteroatoms. The summed E-state index contributed by atoms with van der Waals surface area (Å²) in [4.78, 5) is 21.5. The molecule has 4 rings (SSSR count). The Labute approximate surface area is 136 Å². The third-order valence-electron chi connectivity index (χ3n) is 3.98. The van der Waals surface area contributed by atoms with Crippen LogP contribution in [0.2, 0.25) is 0 Å². The Balaban J connectivity index is 1.46. The van der Waals surface area contributed by atoms with E-state index in [2.05, 4.69) is 25.2 Å². The van der Waals surface area contributed by atoms with Gasteiger partial charge in [-0.05, 0) is 19.1 Å². The fourth-order valence-corrected chi connectivity index (χ4v) is 3.45. The maximum absolute atomic E-state index is 12.5. The van der Waals surface area contributed by atoms with Crippen molar-refractivity contribution in [1.29, 1.82) is 0 Å². The lowest BCUT2D eigenvalue weighted by Crippen LogP contribution is -2.49. The van der Waals surface area contributed by atoms with Crippen LogP contribution < -0.4 is 4.90 Å². The molecule has 1 saturated heterocycles. The van der Waals surface area contributed by atoms with Crippen LogP contribution in [0.5, 0.6) is 0 Å². The number of nitrogens with zero attached hydrogens (tertiary/aromatic N) is 7. The summed E-state index contributed by atoms with van der Waals surface area (Å²) in [7, 11) is 0. The van der Waals surface area contributed by atoms with Crippen LogP contribution in [0.4, 0.5) is 5.82 Å². The van der Waals surface area contributed by atoms with Crippen LogP contribution in [-0.2, 0) is 0 Å². The average Bonchev–Trinajstić information content (AvgIpc) is 3.22. The predicted molar refractivity (Wildman–Crippen MR) is 85.7 cm³/mol. The zero-order valence-electron chi connectivity index (χ0n) is 12.6. The second-order valence-corrected chi connectivity index (χ2v) is 6.23. The van der Waals surface area contributed by atoms with Crippen LogP contribution in [0.15, 0.2) is 24.0 Å². The molecule has 0 radical (unpaired) electrons. The molecule has 1 aliphatic rings. The van der Waals surface area contributed by atoms with Crippen LogP contribution in [-0.4, -0.2) is 61.8 Å². The number of amides is 1. The summed E-state index contributed by atoms with van der Waals surface area (Å²) in [6.45, 7) is 4.74.